The van der Waals surface area contributed by atoms with Crippen LogP contribution in [-0.4, -0.2) is 0 Å². The third-order valence-corrected chi connectivity index (χ3v) is 5.42. The Hall–Kier alpha value is -2.00. The van der Waals surface area contributed by atoms with Crippen LogP contribution in [-0.2, 0) is 10.8 Å². The van der Waals surface area contributed by atoms with Crippen molar-refractivity contribution in [1.29, 1.82) is 0 Å². The molecule has 0 aromatic heterocycles. The van der Waals surface area contributed by atoms with E-state index in [1.165, 1.54) is 38.9 Å². The smallest absolute Gasteiger partial charge is 0.0327 e. The van der Waals surface area contributed by atoms with Crippen molar-refractivity contribution >= 4 is 0 Å². The van der Waals surface area contributed by atoms with Gasteiger partial charge in [-0.05, 0) is 55.7 Å². The minimum absolute atomic E-state index is 0.0233. The molecule has 1 aliphatic carbocycles. The van der Waals surface area contributed by atoms with Crippen molar-refractivity contribution in [3.05, 3.63) is 64.1 Å². The van der Waals surface area contributed by atoms with Crippen LogP contribution in [0.4, 0.5) is 0 Å². The van der Waals surface area contributed by atoms with Crippen molar-refractivity contribution in [3.63, 3.8) is 0 Å². The maximum atomic E-state index is 6.05. The Morgan fingerprint density at radius 1 is 0.885 bits per heavy atom. The summed E-state index contributed by atoms with van der Waals surface area (Å²) in [7, 11) is 0. The zero-order chi connectivity index (χ0) is 19.4. The maximum Gasteiger partial charge on any atom is 0.0327 e. The first-order chi connectivity index (χ1) is 11.9. The molecule has 0 atom stereocenters. The summed E-state index contributed by atoms with van der Waals surface area (Å²) in [6, 6.07) is 9.27. The second kappa shape index (κ2) is 6.02. The molecule has 0 heteroatoms. The Morgan fingerprint density at radius 3 is 2.04 bits per heavy atom. The summed E-state index contributed by atoms with van der Waals surface area (Å²) in [4.78, 5) is 0. The number of hydrogen-bond donors (Lipinski definition) is 0. The topological polar surface area (TPSA) is 0 Å². The van der Waals surface area contributed by atoms with Crippen LogP contribution in [0.3, 0.4) is 0 Å². The van der Waals surface area contributed by atoms with Gasteiger partial charge in [0.25, 0.3) is 0 Å². The first-order valence-corrected chi connectivity index (χ1v) is 9.62. The summed E-state index contributed by atoms with van der Waals surface area (Å²) in [5.41, 5.74) is 10.4. The predicted molar refractivity (Wildman–Crippen MR) is 114 cm³/mol. The van der Waals surface area contributed by atoms with Crippen molar-refractivity contribution in [2.45, 2.75) is 72.1 Å². The average Bonchev–Trinajstić information content (AvgIpc) is 2.88. The minimum Gasteiger partial charge on any atom is -0.115 e. The zero-order valence-corrected chi connectivity index (χ0v) is 17.5. The molecule has 2 aromatic rings. The van der Waals surface area contributed by atoms with E-state index in [2.05, 4.69) is 92.0 Å². The number of rotatable bonds is 1. The Kier molecular flexibility index (Phi) is 4.35. The fourth-order valence-corrected chi connectivity index (χ4v) is 4.05. The van der Waals surface area contributed by atoms with Crippen LogP contribution in [0.2, 0.25) is 0 Å². The van der Waals surface area contributed by atoms with Gasteiger partial charge in [-0.1, -0.05) is 85.6 Å². The Bertz CT molecular complexity index is 903. The Balaban J connectivity index is 2.30. The summed E-state index contributed by atoms with van der Waals surface area (Å²) in [5.74, 6) is 3.49. The molecule has 0 saturated heterocycles. The van der Waals surface area contributed by atoms with Crippen LogP contribution in [0.1, 0.15) is 94.7 Å². The summed E-state index contributed by atoms with van der Waals surface area (Å²) in [6.07, 6.45) is 8.35. The van der Waals surface area contributed by atoms with Crippen LogP contribution in [0.15, 0.2) is 24.3 Å². The van der Waals surface area contributed by atoms with Crippen LogP contribution in [0.5, 0.6) is 0 Å². The van der Waals surface area contributed by atoms with Gasteiger partial charge in [0, 0.05) is 12.0 Å². The molecule has 0 fully saturated rings. The highest BCUT2D eigenvalue weighted by molar-refractivity contribution is 5.85. The lowest BCUT2D eigenvalue weighted by Crippen LogP contribution is -2.18. The fraction of sp³-hybridized carbons (Fsp3) is 0.423. The SMILES string of the molecule is C#Cc1c2c(cc(C(C)C)c1C(C)(C)C)-c1ccc(C(C)(C)C)cc1[CH]2. The molecule has 2 aromatic carbocycles. The second-order valence-electron chi connectivity index (χ2n) is 9.92. The van der Waals surface area contributed by atoms with Crippen molar-refractivity contribution < 1.29 is 0 Å². The van der Waals surface area contributed by atoms with E-state index in [0.29, 0.717) is 5.92 Å². The molecule has 0 N–H and O–H groups in total. The van der Waals surface area contributed by atoms with E-state index in [0.717, 1.165) is 5.56 Å². The summed E-state index contributed by atoms with van der Waals surface area (Å²) < 4.78 is 0. The number of hydrogen-bond acceptors (Lipinski definition) is 0. The lowest BCUT2D eigenvalue weighted by atomic mass is 9.75. The highest BCUT2D eigenvalue weighted by atomic mass is 14.3. The quantitative estimate of drug-likeness (QED) is 0.419. The van der Waals surface area contributed by atoms with E-state index in [4.69, 9.17) is 6.42 Å². The lowest BCUT2D eigenvalue weighted by Gasteiger charge is -2.28. The number of terminal acetylenes is 1. The van der Waals surface area contributed by atoms with Crippen molar-refractivity contribution in [3.8, 4) is 23.5 Å². The fourth-order valence-electron chi connectivity index (χ4n) is 4.05. The molecule has 3 rings (SSSR count). The molecule has 0 amide bonds. The first kappa shape index (κ1) is 18.8. The zero-order valence-electron chi connectivity index (χ0n) is 17.5. The van der Waals surface area contributed by atoms with Crippen molar-refractivity contribution in [2.24, 2.45) is 0 Å². The van der Waals surface area contributed by atoms with E-state index in [1.54, 1.807) is 0 Å². The number of benzene rings is 2. The van der Waals surface area contributed by atoms with Gasteiger partial charge in [-0.25, -0.2) is 0 Å². The van der Waals surface area contributed by atoms with Gasteiger partial charge in [-0.3, -0.25) is 0 Å². The third-order valence-electron chi connectivity index (χ3n) is 5.42. The van der Waals surface area contributed by atoms with Crippen molar-refractivity contribution in [1.82, 2.24) is 0 Å². The minimum atomic E-state index is 0.0233. The van der Waals surface area contributed by atoms with Gasteiger partial charge >= 0.3 is 0 Å². The van der Waals surface area contributed by atoms with Gasteiger partial charge in [0.2, 0.25) is 0 Å². The van der Waals surface area contributed by atoms with Gasteiger partial charge < -0.3 is 0 Å². The molecule has 0 saturated carbocycles. The molecule has 0 bridgehead atoms. The highest BCUT2D eigenvalue weighted by Gasteiger charge is 2.31. The average molecular weight is 344 g/mol. The standard InChI is InChI=1S/C26H31/c1-10-19-22-14-17-13-18(25(4,5)6)11-12-20(17)23(22)15-21(16(2)3)24(19)26(7,8)9/h1,11-16H,2-9H3. The summed E-state index contributed by atoms with van der Waals surface area (Å²) in [6.45, 7) is 18.1. The normalized spacial score (nSPS) is 13.5. The first-order valence-electron chi connectivity index (χ1n) is 9.62. The van der Waals surface area contributed by atoms with Gasteiger partial charge in [0.1, 0.15) is 0 Å². The van der Waals surface area contributed by atoms with E-state index >= 15 is 0 Å². The van der Waals surface area contributed by atoms with Gasteiger partial charge in [0.15, 0.2) is 0 Å². The molecular weight excluding hydrogens is 312 g/mol. The van der Waals surface area contributed by atoms with Crippen LogP contribution >= 0.6 is 0 Å². The Morgan fingerprint density at radius 2 is 1.54 bits per heavy atom. The Labute approximate surface area is 160 Å². The summed E-state index contributed by atoms with van der Waals surface area (Å²) in [5, 5.41) is 0. The largest absolute Gasteiger partial charge is 0.115 e. The number of fused-ring (bicyclic) bond motifs is 3. The van der Waals surface area contributed by atoms with E-state index in [1.807, 2.05) is 0 Å². The molecule has 0 spiro atoms. The van der Waals surface area contributed by atoms with Crippen LogP contribution in [0, 0.1) is 18.8 Å². The van der Waals surface area contributed by atoms with Gasteiger partial charge in [-0.15, -0.1) is 6.42 Å². The molecular formula is C26H31. The lowest BCUT2D eigenvalue weighted by molar-refractivity contribution is 0.575. The molecule has 135 valence electrons. The summed E-state index contributed by atoms with van der Waals surface area (Å²) >= 11 is 0. The molecule has 0 nitrogen and oxygen atoms in total. The highest BCUT2D eigenvalue weighted by Crippen LogP contribution is 2.46. The van der Waals surface area contributed by atoms with Gasteiger partial charge in [0.05, 0.1) is 0 Å². The van der Waals surface area contributed by atoms with Crippen LogP contribution < -0.4 is 0 Å². The predicted octanol–water partition coefficient (Wildman–Crippen LogP) is 6.97. The van der Waals surface area contributed by atoms with Gasteiger partial charge in [-0.2, -0.15) is 0 Å². The second-order valence-corrected chi connectivity index (χ2v) is 9.92. The van der Waals surface area contributed by atoms with E-state index in [9.17, 15) is 0 Å². The maximum absolute atomic E-state index is 6.05. The molecule has 0 unspecified atom stereocenters. The molecule has 0 aliphatic heterocycles. The van der Waals surface area contributed by atoms with Crippen molar-refractivity contribution in [2.75, 3.05) is 0 Å². The van der Waals surface area contributed by atoms with Crippen LogP contribution in [0.25, 0.3) is 11.1 Å². The molecule has 1 radical (unpaired) electrons. The third kappa shape index (κ3) is 2.99. The van der Waals surface area contributed by atoms with E-state index in [-0.39, 0.29) is 10.8 Å². The van der Waals surface area contributed by atoms with E-state index < -0.39 is 0 Å². The monoisotopic (exact) mass is 343 g/mol. The molecule has 0 heterocycles. The molecule has 26 heavy (non-hydrogen) atoms. The molecule has 1 aliphatic rings.